The summed E-state index contributed by atoms with van der Waals surface area (Å²) < 4.78 is 0. The topological polar surface area (TPSA) is 33.1 Å². The first-order valence-corrected chi connectivity index (χ1v) is 7.08. The number of hydrogen-bond acceptors (Lipinski definition) is 3. The molecule has 0 aliphatic heterocycles. The number of pyridine rings is 1. The van der Waals surface area contributed by atoms with E-state index in [0.717, 1.165) is 4.90 Å². The molecule has 1 aromatic heterocycles. The fraction of sp³-hybridized carbons (Fsp3) is 0.154. The molecule has 0 aliphatic carbocycles. The number of hydrogen-bond donors (Lipinski definition) is 1. The van der Waals surface area contributed by atoms with E-state index in [4.69, 9.17) is 23.2 Å². The summed E-state index contributed by atoms with van der Waals surface area (Å²) in [6.45, 7) is 0. The second-order valence-electron chi connectivity index (χ2n) is 3.66. The first-order chi connectivity index (χ1) is 8.66. The third-order valence-electron chi connectivity index (χ3n) is 2.33. The second kappa shape index (κ2) is 6.43. The van der Waals surface area contributed by atoms with Gasteiger partial charge in [0.1, 0.15) is 6.10 Å². The lowest BCUT2D eigenvalue weighted by Gasteiger charge is -2.10. The Kier molecular flexibility index (Phi) is 4.89. The van der Waals surface area contributed by atoms with Crippen molar-refractivity contribution in [3.05, 3.63) is 58.3 Å². The monoisotopic (exact) mass is 299 g/mol. The summed E-state index contributed by atoms with van der Waals surface area (Å²) >= 11 is 13.3. The zero-order valence-corrected chi connectivity index (χ0v) is 11.7. The molecule has 0 saturated carbocycles. The molecular weight excluding hydrogens is 289 g/mol. The average Bonchev–Trinajstić information content (AvgIpc) is 2.38. The molecule has 94 valence electrons. The normalized spacial score (nSPS) is 12.4. The van der Waals surface area contributed by atoms with E-state index in [2.05, 4.69) is 4.98 Å². The molecule has 1 aromatic carbocycles. The van der Waals surface area contributed by atoms with Crippen LogP contribution in [0.3, 0.4) is 0 Å². The van der Waals surface area contributed by atoms with Crippen molar-refractivity contribution in [2.45, 2.75) is 11.0 Å². The maximum atomic E-state index is 9.99. The van der Waals surface area contributed by atoms with Crippen molar-refractivity contribution in [2.24, 2.45) is 0 Å². The molecule has 18 heavy (non-hydrogen) atoms. The van der Waals surface area contributed by atoms with Crippen molar-refractivity contribution in [1.82, 2.24) is 4.98 Å². The van der Waals surface area contributed by atoms with Gasteiger partial charge in [-0.05, 0) is 24.3 Å². The van der Waals surface area contributed by atoms with Gasteiger partial charge in [-0.3, -0.25) is 4.98 Å². The lowest BCUT2D eigenvalue weighted by atomic mass is 10.2. The first-order valence-electron chi connectivity index (χ1n) is 5.33. The van der Waals surface area contributed by atoms with Gasteiger partial charge in [0.2, 0.25) is 0 Å². The van der Waals surface area contributed by atoms with E-state index in [0.29, 0.717) is 21.5 Å². The van der Waals surface area contributed by atoms with Crippen LogP contribution in [0.4, 0.5) is 0 Å². The van der Waals surface area contributed by atoms with Crippen molar-refractivity contribution in [2.75, 3.05) is 5.75 Å². The van der Waals surface area contributed by atoms with Crippen LogP contribution < -0.4 is 0 Å². The molecule has 0 spiro atoms. The van der Waals surface area contributed by atoms with Gasteiger partial charge in [0.15, 0.2) is 0 Å². The quantitative estimate of drug-likeness (QED) is 0.858. The Morgan fingerprint density at radius 2 is 1.94 bits per heavy atom. The lowest BCUT2D eigenvalue weighted by Crippen LogP contribution is -2.02. The van der Waals surface area contributed by atoms with Crippen LogP contribution in [-0.4, -0.2) is 15.8 Å². The highest BCUT2D eigenvalue weighted by molar-refractivity contribution is 7.99. The summed E-state index contributed by atoms with van der Waals surface area (Å²) in [5.41, 5.74) is 0.610. The smallest absolute Gasteiger partial charge is 0.105 e. The van der Waals surface area contributed by atoms with Crippen LogP contribution in [0.15, 0.2) is 47.5 Å². The molecule has 0 bridgehead atoms. The second-order valence-corrected chi connectivity index (χ2v) is 5.56. The molecular formula is C13H11Cl2NOS. The van der Waals surface area contributed by atoms with E-state index >= 15 is 0 Å². The lowest BCUT2D eigenvalue weighted by molar-refractivity contribution is 0.199. The van der Waals surface area contributed by atoms with Gasteiger partial charge in [-0.25, -0.2) is 0 Å². The minimum Gasteiger partial charge on any atom is -0.386 e. The number of nitrogens with zero attached hydrogens (tertiary/aromatic N) is 1. The Bertz CT molecular complexity index is 519. The highest BCUT2D eigenvalue weighted by Crippen LogP contribution is 2.29. The number of thioether (sulfide) groups is 1. The number of halogens is 2. The summed E-state index contributed by atoms with van der Waals surface area (Å²) in [6, 6.07) is 11.0. The van der Waals surface area contributed by atoms with Gasteiger partial charge in [0, 0.05) is 16.8 Å². The van der Waals surface area contributed by atoms with E-state index in [1.54, 1.807) is 12.1 Å². The molecule has 1 N–H and O–H groups in total. The molecule has 1 unspecified atom stereocenters. The van der Waals surface area contributed by atoms with Gasteiger partial charge in [0.25, 0.3) is 0 Å². The minimum atomic E-state index is -0.636. The number of aliphatic hydroxyl groups excluding tert-OH is 1. The highest BCUT2D eigenvalue weighted by Gasteiger charge is 2.10. The average molecular weight is 300 g/mol. The van der Waals surface area contributed by atoms with Gasteiger partial charge < -0.3 is 5.11 Å². The zero-order valence-electron chi connectivity index (χ0n) is 9.38. The Hall–Kier alpha value is -0.740. The molecule has 2 nitrogen and oxygen atoms in total. The van der Waals surface area contributed by atoms with E-state index in [9.17, 15) is 5.11 Å². The summed E-state index contributed by atoms with van der Waals surface area (Å²) in [4.78, 5) is 5.04. The Morgan fingerprint density at radius 3 is 2.61 bits per heavy atom. The molecule has 0 radical (unpaired) electrons. The van der Waals surface area contributed by atoms with Crippen LogP contribution in [0.25, 0.3) is 0 Å². The highest BCUT2D eigenvalue weighted by atomic mass is 35.5. The maximum Gasteiger partial charge on any atom is 0.105 e. The van der Waals surface area contributed by atoms with Crippen LogP contribution >= 0.6 is 35.0 Å². The SMILES string of the molecule is OC(CSc1ccccc1Cl)c1ccc(Cl)cn1. The van der Waals surface area contributed by atoms with Gasteiger partial charge in [-0.1, -0.05) is 35.3 Å². The van der Waals surface area contributed by atoms with Gasteiger partial charge in [-0.15, -0.1) is 11.8 Å². The Labute approximate surface area is 120 Å². The van der Waals surface area contributed by atoms with E-state index < -0.39 is 6.10 Å². The van der Waals surface area contributed by atoms with Crippen molar-refractivity contribution < 1.29 is 5.11 Å². The van der Waals surface area contributed by atoms with E-state index in [1.807, 2.05) is 24.3 Å². The number of benzene rings is 1. The predicted molar refractivity (Wildman–Crippen MR) is 76.4 cm³/mol. The third kappa shape index (κ3) is 3.62. The molecule has 0 fully saturated rings. The van der Waals surface area contributed by atoms with Crippen molar-refractivity contribution >= 4 is 35.0 Å². The third-order valence-corrected chi connectivity index (χ3v) is 4.14. The zero-order chi connectivity index (χ0) is 13.0. The standard InChI is InChI=1S/C13H11Cl2NOS/c14-9-5-6-11(16-7-9)12(17)8-18-13-4-2-1-3-10(13)15/h1-7,12,17H,8H2. The first kappa shape index (κ1) is 13.7. The number of aromatic nitrogens is 1. The Morgan fingerprint density at radius 1 is 1.17 bits per heavy atom. The van der Waals surface area contributed by atoms with Crippen LogP contribution in [0.2, 0.25) is 10.0 Å². The number of rotatable bonds is 4. The molecule has 1 atom stereocenters. The maximum absolute atomic E-state index is 9.99. The van der Waals surface area contributed by atoms with Gasteiger partial charge in [0.05, 0.1) is 15.7 Å². The predicted octanol–water partition coefficient (Wildman–Crippen LogP) is 4.21. The van der Waals surface area contributed by atoms with Crippen LogP contribution in [-0.2, 0) is 0 Å². The molecule has 2 rings (SSSR count). The van der Waals surface area contributed by atoms with E-state index in [1.165, 1.54) is 18.0 Å². The van der Waals surface area contributed by atoms with Crippen LogP contribution in [0, 0.1) is 0 Å². The molecule has 5 heteroatoms. The molecule has 0 saturated heterocycles. The van der Waals surface area contributed by atoms with Gasteiger partial charge in [-0.2, -0.15) is 0 Å². The number of aliphatic hydroxyl groups is 1. The Balaban J connectivity index is 1.98. The molecule has 0 amide bonds. The fourth-order valence-electron chi connectivity index (χ4n) is 1.40. The summed E-state index contributed by atoms with van der Waals surface area (Å²) in [7, 11) is 0. The van der Waals surface area contributed by atoms with Crippen molar-refractivity contribution in [1.29, 1.82) is 0 Å². The van der Waals surface area contributed by atoms with Crippen LogP contribution in [0.1, 0.15) is 11.8 Å². The van der Waals surface area contributed by atoms with Crippen molar-refractivity contribution in [3.63, 3.8) is 0 Å². The molecule has 0 aliphatic rings. The van der Waals surface area contributed by atoms with Crippen LogP contribution in [0.5, 0.6) is 0 Å². The molecule has 2 aromatic rings. The summed E-state index contributed by atoms with van der Waals surface area (Å²) in [6.07, 6.45) is 0.892. The van der Waals surface area contributed by atoms with Crippen molar-refractivity contribution in [3.8, 4) is 0 Å². The summed E-state index contributed by atoms with van der Waals surface area (Å²) in [5.74, 6) is 0.498. The van der Waals surface area contributed by atoms with Gasteiger partial charge >= 0.3 is 0 Å². The molecule has 1 heterocycles. The summed E-state index contributed by atoms with van der Waals surface area (Å²) in [5, 5.41) is 11.2. The largest absolute Gasteiger partial charge is 0.386 e. The fourth-order valence-corrected chi connectivity index (χ4v) is 2.70. The van der Waals surface area contributed by atoms with E-state index in [-0.39, 0.29) is 0 Å². The minimum absolute atomic E-state index is 0.498.